The fourth-order valence-corrected chi connectivity index (χ4v) is 1.77. The predicted octanol–water partition coefficient (Wildman–Crippen LogP) is 3.18. The topological polar surface area (TPSA) is 53.7 Å². The van der Waals surface area contributed by atoms with Crippen LogP contribution in [0.2, 0.25) is 0 Å². The number of hydrogen-bond donors (Lipinski definition) is 1. The van der Waals surface area contributed by atoms with E-state index in [1.54, 1.807) is 21.3 Å². The first-order valence-corrected chi connectivity index (χ1v) is 5.90. The molecule has 0 aliphatic heterocycles. The van der Waals surface area contributed by atoms with Crippen LogP contribution in [0.3, 0.4) is 0 Å². The minimum absolute atomic E-state index is 0. The summed E-state index contributed by atoms with van der Waals surface area (Å²) in [6, 6.07) is 3.46. The molecule has 0 saturated heterocycles. The molecule has 19 heavy (non-hydrogen) atoms. The Bertz CT molecular complexity index is 391. The van der Waals surface area contributed by atoms with Gasteiger partial charge in [-0.3, -0.25) is 0 Å². The Balaban J connectivity index is 0.00000324. The Hall–Kier alpha value is -1.13. The maximum Gasteiger partial charge on any atom is 0.131 e. The molecule has 0 radical (unpaired) electrons. The van der Waals surface area contributed by atoms with Gasteiger partial charge in [0.25, 0.3) is 0 Å². The van der Waals surface area contributed by atoms with Gasteiger partial charge in [-0.2, -0.15) is 0 Å². The van der Waals surface area contributed by atoms with Crippen molar-refractivity contribution in [3.63, 3.8) is 0 Å². The number of methoxy groups -OCH3 is 3. The fraction of sp³-hybridized carbons (Fsp3) is 0.571. The Morgan fingerprint density at radius 3 is 1.63 bits per heavy atom. The summed E-state index contributed by atoms with van der Waals surface area (Å²) in [4.78, 5) is 0. The molecule has 0 bridgehead atoms. The van der Waals surface area contributed by atoms with Crippen LogP contribution in [0, 0.1) is 5.41 Å². The first-order chi connectivity index (χ1) is 8.35. The minimum atomic E-state index is -0.187. The normalized spacial score (nSPS) is 12.4. The second-order valence-corrected chi connectivity index (χ2v) is 5.29. The number of benzene rings is 1. The number of rotatable bonds is 4. The van der Waals surface area contributed by atoms with Gasteiger partial charge in [0, 0.05) is 18.2 Å². The van der Waals surface area contributed by atoms with Crippen LogP contribution in [0.4, 0.5) is 0 Å². The first-order valence-electron chi connectivity index (χ1n) is 5.90. The Labute approximate surface area is 121 Å². The zero-order valence-corrected chi connectivity index (χ0v) is 13.3. The van der Waals surface area contributed by atoms with Crippen LogP contribution in [0.1, 0.15) is 32.4 Å². The average molecular weight is 290 g/mol. The van der Waals surface area contributed by atoms with E-state index in [0.717, 1.165) is 5.56 Å². The van der Waals surface area contributed by atoms with Crippen LogP contribution >= 0.6 is 12.4 Å². The molecule has 0 saturated carbocycles. The summed E-state index contributed by atoms with van der Waals surface area (Å²) in [6.07, 6.45) is 0. The van der Waals surface area contributed by atoms with Gasteiger partial charge in [0.2, 0.25) is 0 Å². The van der Waals surface area contributed by atoms with Crippen molar-refractivity contribution in [1.29, 1.82) is 0 Å². The zero-order chi connectivity index (χ0) is 13.9. The standard InChI is InChI=1S/C14H23NO3.ClH/c1-14(2,3)13(15)12-10(17-5)7-9(16-4)8-11(12)18-6;/h7-8,13H,15H2,1-6H3;1H/t13-;/m0./s1. The van der Waals surface area contributed by atoms with Crippen molar-refractivity contribution < 1.29 is 14.2 Å². The number of halogens is 1. The Kier molecular flexibility index (Phi) is 6.46. The highest BCUT2D eigenvalue weighted by molar-refractivity contribution is 5.85. The summed E-state index contributed by atoms with van der Waals surface area (Å²) in [6.45, 7) is 6.25. The van der Waals surface area contributed by atoms with E-state index in [4.69, 9.17) is 19.9 Å². The third-order valence-electron chi connectivity index (χ3n) is 3.00. The highest BCUT2D eigenvalue weighted by Gasteiger charge is 2.28. The van der Waals surface area contributed by atoms with E-state index in [0.29, 0.717) is 17.2 Å². The zero-order valence-electron chi connectivity index (χ0n) is 12.4. The molecule has 1 rings (SSSR count). The molecule has 4 nitrogen and oxygen atoms in total. The van der Waals surface area contributed by atoms with Gasteiger partial charge in [0.05, 0.1) is 26.9 Å². The quantitative estimate of drug-likeness (QED) is 0.925. The maximum absolute atomic E-state index is 6.32. The molecule has 0 fully saturated rings. The predicted molar refractivity (Wildman–Crippen MR) is 79.7 cm³/mol. The lowest BCUT2D eigenvalue weighted by atomic mass is 9.82. The highest BCUT2D eigenvalue weighted by Crippen LogP contribution is 2.43. The van der Waals surface area contributed by atoms with Crippen molar-refractivity contribution in [2.24, 2.45) is 11.1 Å². The van der Waals surface area contributed by atoms with Gasteiger partial charge in [-0.25, -0.2) is 0 Å². The molecule has 0 heterocycles. The van der Waals surface area contributed by atoms with Gasteiger partial charge >= 0.3 is 0 Å². The van der Waals surface area contributed by atoms with E-state index in [1.807, 2.05) is 12.1 Å². The van der Waals surface area contributed by atoms with Crippen molar-refractivity contribution >= 4 is 12.4 Å². The summed E-state index contributed by atoms with van der Waals surface area (Å²) in [5.74, 6) is 2.07. The smallest absolute Gasteiger partial charge is 0.131 e. The van der Waals surface area contributed by atoms with Crippen LogP contribution in [0.5, 0.6) is 17.2 Å². The van der Waals surface area contributed by atoms with E-state index in [2.05, 4.69) is 20.8 Å². The largest absolute Gasteiger partial charge is 0.496 e. The van der Waals surface area contributed by atoms with Crippen molar-refractivity contribution in [3.05, 3.63) is 17.7 Å². The molecule has 0 aliphatic rings. The van der Waals surface area contributed by atoms with E-state index in [-0.39, 0.29) is 23.9 Å². The summed E-state index contributed by atoms with van der Waals surface area (Å²) in [5, 5.41) is 0. The number of hydrogen-bond acceptors (Lipinski definition) is 4. The molecule has 110 valence electrons. The summed E-state index contributed by atoms with van der Waals surface area (Å²) in [7, 11) is 4.85. The summed E-state index contributed by atoms with van der Waals surface area (Å²) >= 11 is 0. The van der Waals surface area contributed by atoms with Crippen molar-refractivity contribution in [2.75, 3.05) is 21.3 Å². The molecule has 1 aromatic rings. The molecular formula is C14H24ClNO3. The van der Waals surface area contributed by atoms with E-state index in [9.17, 15) is 0 Å². The van der Waals surface area contributed by atoms with Crippen LogP contribution in [0.15, 0.2) is 12.1 Å². The fourth-order valence-electron chi connectivity index (χ4n) is 1.77. The van der Waals surface area contributed by atoms with Crippen LogP contribution in [-0.2, 0) is 0 Å². The van der Waals surface area contributed by atoms with Gasteiger partial charge in [-0.05, 0) is 5.41 Å². The van der Waals surface area contributed by atoms with Crippen molar-refractivity contribution in [3.8, 4) is 17.2 Å². The average Bonchev–Trinajstić information content (AvgIpc) is 2.34. The summed E-state index contributed by atoms with van der Waals surface area (Å²) in [5.41, 5.74) is 7.10. The van der Waals surface area contributed by atoms with Gasteiger partial charge < -0.3 is 19.9 Å². The molecule has 1 aromatic carbocycles. The van der Waals surface area contributed by atoms with Crippen molar-refractivity contribution in [1.82, 2.24) is 0 Å². The Morgan fingerprint density at radius 2 is 1.37 bits per heavy atom. The van der Waals surface area contributed by atoms with Gasteiger partial charge in [0.1, 0.15) is 17.2 Å². The van der Waals surface area contributed by atoms with E-state index >= 15 is 0 Å². The first kappa shape index (κ1) is 17.9. The lowest BCUT2D eigenvalue weighted by Crippen LogP contribution is -2.27. The summed E-state index contributed by atoms with van der Waals surface area (Å²) < 4.78 is 16.0. The second kappa shape index (κ2) is 6.87. The number of ether oxygens (including phenoxy) is 3. The van der Waals surface area contributed by atoms with Crippen molar-refractivity contribution in [2.45, 2.75) is 26.8 Å². The lowest BCUT2D eigenvalue weighted by molar-refractivity contribution is 0.298. The van der Waals surface area contributed by atoms with Crippen LogP contribution in [0.25, 0.3) is 0 Å². The van der Waals surface area contributed by atoms with E-state index in [1.165, 1.54) is 0 Å². The van der Waals surface area contributed by atoms with Crippen LogP contribution in [-0.4, -0.2) is 21.3 Å². The molecule has 2 N–H and O–H groups in total. The van der Waals surface area contributed by atoms with Gasteiger partial charge in [-0.1, -0.05) is 20.8 Å². The lowest BCUT2D eigenvalue weighted by Gasteiger charge is -2.30. The van der Waals surface area contributed by atoms with Crippen LogP contribution < -0.4 is 19.9 Å². The Morgan fingerprint density at radius 1 is 0.947 bits per heavy atom. The second-order valence-electron chi connectivity index (χ2n) is 5.29. The third-order valence-corrected chi connectivity index (χ3v) is 3.00. The van der Waals surface area contributed by atoms with Gasteiger partial charge in [0.15, 0.2) is 0 Å². The molecule has 0 aromatic heterocycles. The monoisotopic (exact) mass is 289 g/mol. The highest BCUT2D eigenvalue weighted by atomic mass is 35.5. The molecule has 0 aliphatic carbocycles. The number of nitrogens with two attached hydrogens (primary N) is 1. The molecule has 0 unspecified atom stereocenters. The molecule has 1 atom stereocenters. The molecule has 0 spiro atoms. The minimum Gasteiger partial charge on any atom is -0.496 e. The molecule has 0 amide bonds. The molecular weight excluding hydrogens is 266 g/mol. The maximum atomic E-state index is 6.32. The van der Waals surface area contributed by atoms with E-state index < -0.39 is 0 Å². The third kappa shape index (κ3) is 3.91. The van der Waals surface area contributed by atoms with Gasteiger partial charge in [-0.15, -0.1) is 12.4 Å². The SMILES string of the molecule is COc1cc(OC)c([C@H](N)C(C)(C)C)c(OC)c1.Cl. The molecule has 5 heteroatoms.